The molecule has 0 aromatic heterocycles. The van der Waals surface area contributed by atoms with Crippen LogP contribution >= 0.6 is 47.0 Å². The molecule has 0 aliphatic heterocycles. The van der Waals surface area contributed by atoms with Crippen LogP contribution in [0.15, 0.2) is 0 Å². The van der Waals surface area contributed by atoms with Crippen molar-refractivity contribution in [3.63, 3.8) is 0 Å². The molecule has 4 atom stereocenters. The van der Waals surface area contributed by atoms with Gasteiger partial charge >= 0.3 is 39.0 Å². The van der Waals surface area contributed by atoms with Crippen LogP contribution in [-0.2, 0) is 39.0 Å². The quantitative estimate of drug-likeness (QED) is 0.286. The van der Waals surface area contributed by atoms with E-state index in [4.69, 9.17) is 0 Å². The number of thioether (sulfide) groups is 4. The summed E-state index contributed by atoms with van der Waals surface area (Å²) in [6.07, 6.45) is 20.6. The molecule has 0 aromatic rings. The van der Waals surface area contributed by atoms with Gasteiger partial charge in [0.05, 0.1) is 0 Å². The van der Waals surface area contributed by atoms with Crippen LogP contribution in [0, 0.1) is 0 Å². The van der Waals surface area contributed by atoms with Crippen molar-refractivity contribution in [3.8, 4) is 0 Å². The summed E-state index contributed by atoms with van der Waals surface area (Å²) in [5.41, 5.74) is 0. The Kier molecular flexibility index (Phi) is 48.4. The molecule has 0 spiro atoms. The fourth-order valence-corrected chi connectivity index (χ4v) is 7.91. The van der Waals surface area contributed by atoms with Crippen molar-refractivity contribution in [2.75, 3.05) is 25.0 Å². The molecular formula is C16H32Cl4S4Zn2. The first kappa shape index (κ1) is 43.6. The maximum absolute atomic E-state index is 2.25. The standard InChI is InChI=1S/2C8H16S2.4ClH.2Zn/c2*1-9-7-5-3-4-6-8(7)10-2;;;;;;/h2*7-8H,3-6H2,1-2H3;4*1H;;/q;;;;;;2*+2/p-4/t2*7-,8-;;;;;;/m00....../s1. The van der Waals surface area contributed by atoms with Crippen LogP contribution in [0.4, 0.5) is 0 Å². The largest absolute Gasteiger partial charge is 2.00 e. The molecule has 0 N–H and O–H groups in total. The Bertz CT molecular complexity index is 212. The topological polar surface area (TPSA) is 0 Å². The molecule has 2 saturated carbocycles. The molecule has 26 heavy (non-hydrogen) atoms. The summed E-state index contributed by atoms with van der Waals surface area (Å²) in [6, 6.07) is 0. The molecule has 152 valence electrons. The van der Waals surface area contributed by atoms with Crippen molar-refractivity contribution in [3.05, 3.63) is 0 Å². The van der Waals surface area contributed by atoms with Gasteiger partial charge in [-0.3, -0.25) is 0 Å². The molecule has 0 unspecified atom stereocenters. The van der Waals surface area contributed by atoms with E-state index in [1.165, 1.54) is 51.4 Å². The number of hydrogen-bond donors (Lipinski definition) is 0. The van der Waals surface area contributed by atoms with Crippen LogP contribution in [0.3, 0.4) is 0 Å². The van der Waals surface area contributed by atoms with E-state index in [1.807, 2.05) is 0 Å². The molecule has 0 bridgehead atoms. The predicted molar refractivity (Wildman–Crippen MR) is 106 cm³/mol. The number of rotatable bonds is 4. The van der Waals surface area contributed by atoms with Gasteiger partial charge in [-0.25, -0.2) is 0 Å². The third kappa shape index (κ3) is 17.5. The van der Waals surface area contributed by atoms with E-state index in [-0.39, 0.29) is 88.6 Å². The van der Waals surface area contributed by atoms with Crippen molar-refractivity contribution >= 4 is 47.0 Å². The van der Waals surface area contributed by atoms with Gasteiger partial charge in [-0.2, -0.15) is 47.0 Å². The minimum absolute atomic E-state index is 0. The fraction of sp³-hybridized carbons (Fsp3) is 1.00. The molecule has 2 fully saturated rings. The first-order valence-corrected chi connectivity index (χ1v) is 13.0. The summed E-state index contributed by atoms with van der Waals surface area (Å²) in [4.78, 5) is 0. The van der Waals surface area contributed by atoms with Crippen LogP contribution in [0.2, 0.25) is 0 Å². The summed E-state index contributed by atoms with van der Waals surface area (Å²) in [5.74, 6) is 0. The maximum atomic E-state index is 2.25. The monoisotopic (exact) mass is 620 g/mol. The smallest absolute Gasteiger partial charge is 1.00 e. The Morgan fingerprint density at radius 2 is 0.577 bits per heavy atom. The van der Waals surface area contributed by atoms with Gasteiger partial charge in [0.1, 0.15) is 0 Å². The fourth-order valence-electron chi connectivity index (χ4n) is 3.20. The second-order valence-corrected chi connectivity index (χ2v) is 9.97. The maximum Gasteiger partial charge on any atom is 2.00 e. The van der Waals surface area contributed by atoms with Gasteiger partial charge in [-0.15, -0.1) is 0 Å². The van der Waals surface area contributed by atoms with Crippen molar-refractivity contribution < 1.29 is 88.6 Å². The average Bonchev–Trinajstić information content (AvgIpc) is 2.55. The summed E-state index contributed by atoms with van der Waals surface area (Å²) in [6.45, 7) is 0. The summed E-state index contributed by atoms with van der Waals surface area (Å²) >= 11 is 8.23. The van der Waals surface area contributed by atoms with E-state index in [2.05, 4.69) is 72.1 Å². The Hall–Kier alpha value is 3.81. The minimum atomic E-state index is 0. The van der Waals surface area contributed by atoms with Crippen LogP contribution in [0.25, 0.3) is 0 Å². The van der Waals surface area contributed by atoms with Crippen LogP contribution in [0.5, 0.6) is 0 Å². The van der Waals surface area contributed by atoms with Crippen LogP contribution in [0.1, 0.15) is 51.4 Å². The molecule has 0 amide bonds. The number of hydrogen-bond acceptors (Lipinski definition) is 4. The van der Waals surface area contributed by atoms with Crippen molar-refractivity contribution in [1.82, 2.24) is 0 Å². The molecule has 10 heteroatoms. The molecule has 0 heterocycles. The molecule has 0 radical (unpaired) electrons. The van der Waals surface area contributed by atoms with Gasteiger partial charge in [-0.1, -0.05) is 25.7 Å². The molecule has 0 aromatic carbocycles. The second-order valence-electron chi connectivity index (χ2n) is 5.67. The van der Waals surface area contributed by atoms with Gasteiger partial charge in [0.15, 0.2) is 0 Å². The molecule has 2 aliphatic rings. The average molecular weight is 625 g/mol. The van der Waals surface area contributed by atoms with Crippen LogP contribution in [-0.4, -0.2) is 46.0 Å². The first-order valence-electron chi connectivity index (χ1n) is 7.88. The third-order valence-electron chi connectivity index (χ3n) is 4.49. The van der Waals surface area contributed by atoms with Gasteiger partial charge in [-0.05, 0) is 50.7 Å². The van der Waals surface area contributed by atoms with E-state index in [0.717, 1.165) is 21.0 Å². The Morgan fingerprint density at radius 1 is 0.423 bits per heavy atom. The van der Waals surface area contributed by atoms with Gasteiger partial charge in [0.2, 0.25) is 0 Å². The van der Waals surface area contributed by atoms with E-state index in [9.17, 15) is 0 Å². The Labute approximate surface area is 230 Å². The van der Waals surface area contributed by atoms with Gasteiger partial charge < -0.3 is 49.6 Å². The molecular weight excluding hydrogens is 593 g/mol. The zero-order valence-electron chi connectivity index (χ0n) is 16.5. The summed E-state index contributed by atoms with van der Waals surface area (Å²) in [7, 11) is 0. The second kappa shape index (κ2) is 28.8. The zero-order chi connectivity index (χ0) is 14.8. The Morgan fingerprint density at radius 3 is 0.692 bits per heavy atom. The normalized spacial score (nSPS) is 26.3. The zero-order valence-corrected chi connectivity index (χ0v) is 28.7. The van der Waals surface area contributed by atoms with Crippen molar-refractivity contribution in [2.45, 2.75) is 72.4 Å². The molecule has 2 aliphatic carbocycles. The summed E-state index contributed by atoms with van der Waals surface area (Å²) < 4.78 is 0. The number of halogens is 4. The minimum Gasteiger partial charge on any atom is -1.00 e. The molecule has 0 nitrogen and oxygen atoms in total. The molecule has 0 saturated heterocycles. The van der Waals surface area contributed by atoms with Gasteiger partial charge in [0, 0.05) is 21.0 Å². The van der Waals surface area contributed by atoms with Crippen molar-refractivity contribution in [1.29, 1.82) is 0 Å². The predicted octanol–water partition coefficient (Wildman–Crippen LogP) is -5.94. The Balaban J connectivity index is -0.0000000625. The molecule has 2 rings (SSSR count). The SMILES string of the molecule is CS[C@H]1CCCC[C@@H]1SC.CS[C@H]1CCCC[C@@H]1SC.[Cl-].[Cl-].[Cl-].[Cl-].[Zn+2].[Zn+2]. The van der Waals surface area contributed by atoms with E-state index in [1.54, 1.807) is 0 Å². The van der Waals surface area contributed by atoms with Crippen molar-refractivity contribution in [2.24, 2.45) is 0 Å². The van der Waals surface area contributed by atoms with E-state index < -0.39 is 0 Å². The van der Waals surface area contributed by atoms with E-state index >= 15 is 0 Å². The first-order chi connectivity index (χ1) is 9.76. The van der Waals surface area contributed by atoms with Crippen LogP contribution < -0.4 is 49.6 Å². The third-order valence-corrected chi connectivity index (χ3v) is 9.52. The van der Waals surface area contributed by atoms with Gasteiger partial charge in [0.25, 0.3) is 0 Å². The summed E-state index contributed by atoms with van der Waals surface area (Å²) in [5, 5.41) is 3.79. The van der Waals surface area contributed by atoms with E-state index in [0.29, 0.717) is 0 Å².